The van der Waals surface area contributed by atoms with Crippen molar-refractivity contribution in [3.05, 3.63) is 51.7 Å². The smallest absolute Gasteiger partial charge is 0.235 e. The third kappa shape index (κ3) is 3.58. The summed E-state index contributed by atoms with van der Waals surface area (Å²) in [4.78, 5) is 24.6. The lowest BCUT2D eigenvalue weighted by atomic mass is 10.0. The summed E-state index contributed by atoms with van der Waals surface area (Å²) in [7, 11) is 3.07. The lowest BCUT2D eigenvalue weighted by molar-refractivity contribution is -0.118. The van der Waals surface area contributed by atoms with Gasteiger partial charge in [0.15, 0.2) is 23.0 Å². The molecule has 0 saturated heterocycles. The van der Waals surface area contributed by atoms with Crippen LogP contribution < -0.4 is 19.6 Å². The van der Waals surface area contributed by atoms with Crippen molar-refractivity contribution in [2.24, 2.45) is 0 Å². The van der Waals surface area contributed by atoms with Crippen LogP contribution in [-0.4, -0.2) is 26.6 Å². The van der Waals surface area contributed by atoms with E-state index in [0.717, 1.165) is 11.1 Å². The number of carbonyl (C=O) groups excluding carboxylic acids is 1. The molecule has 0 aliphatic carbocycles. The largest absolute Gasteiger partial charge is 0.493 e. The van der Waals surface area contributed by atoms with Crippen LogP contribution in [0.1, 0.15) is 18.1 Å². The maximum atomic E-state index is 13.1. The Balaban J connectivity index is 2.30. The first-order valence-electron chi connectivity index (χ1n) is 8.78. The summed E-state index contributed by atoms with van der Waals surface area (Å²) in [5, 5.41) is 0.408. The summed E-state index contributed by atoms with van der Waals surface area (Å²) in [6.07, 6.45) is 0. The van der Waals surface area contributed by atoms with Crippen molar-refractivity contribution in [2.45, 2.75) is 20.8 Å². The van der Waals surface area contributed by atoms with Crippen LogP contribution in [0.5, 0.6) is 17.2 Å². The van der Waals surface area contributed by atoms with Gasteiger partial charge >= 0.3 is 0 Å². The molecule has 0 aliphatic heterocycles. The highest BCUT2D eigenvalue weighted by molar-refractivity contribution is 5.84. The Bertz CT molecular complexity index is 1110. The zero-order valence-electron chi connectivity index (χ0n) is 16.5. The second-order valence-electron chi connectivity index (χ2n) is 6.58. The molecule has 0 amide bonds. The van der Waals surface area contributed by atoms with E-state index in [4.69, 9.17) is 18.6 Å². The Hall–Kier alpha value is -3.28. The number of hydrogen-bond donors (Lipinski definition) is 0. The Morgan fingerprint density at radius 2 is 1.68 bits per heavy atom. The maximum Gasteiger partial charge on any atom is 0.235 e. The minimum atomic E-state index is -0.324. The number of Topliss-reactive ketones (excluding diaryl/α,β-unsaturated/α-hetero) is 1. The predicted molar refractivity (Wildman–Crippen MR) is 107 cm³/mol. The van der Waals surface area contributed by atoms with E-state index >= 15 is 0 Å². The number of ether oxygens (including phenoxy) is 3. The monoisotopic (exact) mass is 382 g/mol. The highest BCUT2D eigenvalue weighted by atomic mass is 16.5. The number of hydrogen-bond acceptors (Lipinski definition) is 6. The van der Waals surface area contributed by atoms with Crippen molar-refractivity contribution in [1.29, 1.82) is 0 Å². The average Bonchev–Trinajstić information content (AvgIpc) is 2.68. The molecule has 3 aromatic rings. The molecule has 3 rings (SSSR count). The highest BCUT2D eigenvalue weighted by Gasteiger charge is 2.20. The van der Waals surface area contributed by atoms with Crippen molar-refractivity contribution >= 4 is 16.8 Å². The van der Waals surface area contributed by atoms with Crippen LogP contribution in [0.3, 0.4) is 0 Å². The molecule has 0 atom stereocenters. The van der Waals surface area contributed by atoms with Crippen LogP contribution in [0.4, 0.5) is 0 Å². The zero-order valence-corrected chi connectivity index (χ0v) is 16.5. The SMILES string of the molecule is COc1ccc(-c2oc3cc(C)c(C)cc3c(=O)c2OCC(C)=O)cc1OC. The van der Waals surface area contributed by atoms with Gasteiger partial charge in [-0.3, -0.25) is 9.59 Å². The predicted octanol–water partition coefficient (Wildman–Crippen LogP) is 4.06. The summed E-state index contributed by atoms with van der Waals surface area (Å²) < 4.78 is 22.2. The number of ketones is 1. The molecule has 28 heavy (non-hydrogen) atoms. The van der Waals surface area contributed by atoms with E-state index in [1.165, 1.54) is 14.0 Å². The second kappa shape index (κ2) is 7.76. The molecule has 146 valence electrons. The van der Waals surface area contributed by atoms with Gasteiger partial charge in [0.05, 0.1) is 19.6 Å². The number of methoxy groups -OCH3 is 2. The van der Waals surface area contributed by atoms with Crippen LogP contribution >= 0.6 is 0 Å². The van der Waals surface area contributed by atoms with Gasteiger partial charge in [-0.05, 0) is 62.2 Å². The van der Waals surface area contributed by atoms with Crippen molar-refractivity contribution in [1.82, 2.24) is 0 Å². The molecule has 0 radical (unpaired) electrons. The van der Waals surface area contributed by atoms with Crippen molar-refractivity contribution in [2.75, 3.05) is 20.8 Å². The van der Waals surface area contributed by atoms with Gasteiger partial charge in [0.2, 0.25) is 11.2 Å². The van der Waals surface area contributed by atoms with Crippen molar-refractivity contribution in [3.63, 3.8) is 0 Å². The van der Waals surface area contributed by atoms with Gasteiger partial charge in [-0.15, -0.1) is 0 Å². The minimum absolute atomic E-state index is 0.00169. The molecule has 1 heterocycles. The molecule has 0 spiro atoms. The second-order valence-corrected chi connectivity index (χ2v) is 6.58. The van der Waals surface area contributed by atoms with Gasteiger partial charge in [-0.1, -0.05) is 0 Å². The topological polar surface area (TPSA) is 75.0 Å². The number of carbonyl (C=O) groups is 1. The van der Waals surface area contributed by atoms with E-state index in [0.29, 0.717) is 28.0 Å². The number of fused-ring (bicyclic) bond motifs is 1. The number of rotatable bonds is 6. The van der Waals surface area contributed by atoms with Gasteiger partial charge in [0, 0.05) is 5.56 Å². The molecule has 0 fully saturated rings. The summed E-state index contributed by atoms with van der Waals surface area (Å²) in [6, 6.07) is 8.76. The normalized spacial score (nSPS) is 10.8. The molecule has 0 unspecified atom stereocenters. The van der Waals surface area contributed by atoms with E-state index < -0.39 is 0 Å². The van der Waals surface area contributed by atoms with E-state index in [-0.39, 0.29) is 29.3 Å². The first-order valence-corrected chi connectivity index (χ1v) is 8.78. The van der Waals surface area contributed by atoms with Crippen molar-refractivity contribution < 1.29 is 23.4 Å². The van der Waals surface area contributed by atoms with Crippen LogP contribution in [0.25, 0.3) is 22.3 Å². The third-order valence-corrected chi connectivity index (χ3v) is 4.53. The van der Waals surface area contributed by atoms with Gasteiger partial charge in [0.25, 0.3) is 0 Å². The summed E-state index contributed by atoms with van der Waals surface area (Å²) in [5.41, 5.74) is 2.68. The van der Waals surface area contributed by atoms with Crippen molar-refractivity contribution in [3.8, 4) is 28.6 Å². The zero-order chi connectivity index (χ0) is 20.4. The van der Waals surface area contributed by atoms with E-state index in [2.05, 4.69) is 0 Å². The quantitative estimate of drug-likeness (QED) is 0.640. The summed E-state index contributed by atoms with van der Waals surface area (Å²) in [6.45, 7) is 5.05. The van der Waals surface area contributed by atoms with Gasteiger partial charge in [0.1, 0.15) is 12.2 Å². The highest BCUT2D eigenvalue weighted by Crippen LogP contribution is 2.37. The first kappa shape index (κ1) is 19.5. The van der Waals surface area contributed by atoms with Gasteiger partial charge < -0.3 is 18.6 Å². The molecule has 1 aromatic heterocycles. The fourth-order valence-electron chi connectivity index (χ4n) is 2.91. The molecule has 0 N–H and O–H groups in total. The number of aryl methyl sites for hydroxylation is 2. The number of benzene rings is 2. The Labute approximate surface area is 162 Å². The summed E-state index contributed by atoms with van der Waals surface area (Å²) in [5.74, 6) is 1.08. The molecule has 6 nitrogen and oxygen atoms in total. The Morgan fingerprint density at radius 1 is 1.00 bits per heavy atom. The Kier molecular flexibility index (Phi) is 5.40. The summed E-state index contributed by atoms with van der Waals surface area (Å²) >= 11 is 0. The maximum absolute atomic E-state index is 13.1. The van der Waals surface area contributed by atoms with E-state index in [1.807, 2.05) is 19.9 Å². The molecule has 6 heteroatoms. The van der Waals surface area contributed by atoms with Crippen LogP contribution in [-0.2, 0) is 4.79 Å². The van der Waals surface area contributed by atoms with Crippen LogP contribution in [0.2, 0.25) is 0 Å². The van der Waals surface area contributed by atoms with Crippen LogP contribution in [0.15, 0.2) is 39.5 Å². The molecule has 0 aliphatic rings. The van der Waals surface area contributed by atoms with E-state index in [9.17, 15) is 9.59 Å². The third-order valence-electron chi connectivity index (χ3n) is 4.53. The molecule has 0 bridgehead atoms. The molecular formula is C22H22O6. The van der Waals surface area contributed by atoms with Gasteiger partial charge in [-0.2, -0.15) is 0 Å². The standard InChI is InChI=1S/C22H22O6/c1-12-8-16-18(9-13(12)2)28-21(22(20(16)24)27-11-14(3)23)15-6-7-17(25-4)19(10-15)26-5/h6-10H,11H2,1-5H3. The minimum Gasteiger partial charge on any atom is -0.493 e. The molecular weight excluding hydrogens is 360 g/mol. The Morgan fingerprint density at radius 3 is 2.32 bits per heavy atom. The lowest BCUT2D eigenvalue weighted by Gasteiger charge is -2.14. The average molecular weight is 382 g/mol. The molecule has 0 saturated carbocycles. The van der Waals surface area contributed by atoms with Crippen LogP contribution in [0, 0.1) is 13.8 Å². The lowest BCUT2D eigenvalue weighted by Crippen LogP contribution is -2.15. The molecule has 2 aromatic carbocycles. The van der Waals surface area contributed by atoms with E-state index in [1.54, 1.807) is 31.4 Å². The fraction of sp³-hybridized carbons (Fsp3) is 0.273. The fourth-order valence-corrected chi connectivity index (χ4v) is 2.91. The first-order chi connectivity index (χ1) is 13.3. The van der Waals surface area contributed by atoms with Gasteiger partial charge in [-0.25, -0.2) is 0 Å².